The number of carboxylic acid groups (broad SMARTS) is 1. The molecule has 14 heteroatoms. The molecule has 2 aromatic heterocycles. The van der Waals surface area contributed by atoms with Crippen LogP contribution in [0.15, 0.2) is 81.8 Å². The third-order valence-electron chi connectivity index (χ3n) is 7.20. The molecule has 43 heavy (non-hydrogen) atoms. The molecule has 0 saturated carbocycles. The summed E-state index contributed by atoms with van der Waals surface area (Å²) in [6.45, 7) is 4.31. The zero-order valence-corrected chi connectivity index (χ0v) is 31.1. The van der Waals surface area contributed by atoms with Crippen molar-refractivity contribution in [2.75, 3.05) is 0 Å². The Bertz CT molecular complexity index is 1990. The first-order valence-electron chi connectivity index (χ1n) is 13.1. The normalized spacial score (nSPS) is 14.0. The van der Waals surface area contributed by atoms with Gasteiger partial charge < -0.3 is 23.6 Å². The number of aryl methyl sites for hydroxylation is 1. The van der Waals surface area contributed by atoms with Gasteiger partial charge in [0, 0.05) is 13.0 Å². The molecular formula is C29H28N4Na2O5S3. The molecule has 5 aromatic rings. The van der Waals surface area contributed by atoms with Crippen LogP contribution in [-0.4, -0.2) is 28.1 Å². The van der Waals surface area contributed by atoms with E-state index in [1.165, 1.54) is 34.8 Å². The maximum Gasteiger partial charge on any atom is 1.00 e. The topological polar surface area (TPSA) is 132 Å². The quantitative estimate of drug-likeness (QED) is 0.102. The molecule has 214 valence electrons. The van der Waals surface area contributed by atoms with Gasteiger partial charge in [0.15, 0.2) is 0 Å². The second-order valence-corrected chi connectivity index (χ2v) is 13.4. The first-order chi connectivity index (χ1) is 19.5. The van der Waals surface area contributed by atoms with E-state index >= 15 is 0 Å². The molecular weight excluding hydrogens is 627 g/mol. The van der Waals surface area contributed by atoms with E-state index in [0.717, 1.165) is 33.3 Å². The van der Waals surface area contributed by atoms with Crippen molar-refractivity contribution in [1.29, 1.82) is 0 Å². The van der Waals surface area contributed by atoms with E-state index in [0.29, 0.717) is 27.3 Å². The standard InChI is InChI=1S/C29H30N4O5S3.2Na/c1-4-20(15-18(2)27(34)35)21-11-9-19(10-12-21)17-33-24-7-5-6-8-25(24)39-29(33)31-30-28-32(3)23-14-13-22(41(36,37)38)16-26(23)40-28;;/h5-14,16,18,20H,4,15,17H2,1-3H3,(H,34,35)(H,36,37,38);;/q;2*+1/p-2. The first-order valence-corrected chi connectivity index (χ1v) is 16.1. The Labute approximate surface area is 302 Å². The molecule has 0 amide bonds. The largest absolute Gasteiger partial charge is 1.00 e. The van der Waals surface area contributed by atoms with Gasteiger partial charge in [-0.1, -0.05) is 72.9 Å². The Hall–Kier alpha value is -1.58. The summed E-state index contributed by atoms with van der Waals surface area (Å²) in [4.78, 5) is 12.2. The minimum absolute atomic E-state index is 0. The predicted molar refractivity (Wildman–Crippen MR) is 157 cm³/mol. The van der Waals surface area contributed by atoms with Gasteiger partial charge in [0.1, 0.15) is 10.1 Å². The van der Waals surface area contributed by atoms with E-state index in [4.69, 9.17) is 0 Å². The maximum absolute atomic E-state index is 11.5. The number of hydrogen-bond donors (Lipinski definition) is 0. The van der Waals surface area contributed by atoms with Gasteiger partial charge in [-0.15, -0.1) is 10.2 Å². The fourth-order valence-corrected chi connectivity index (χ4v) is 7.40. The number of benzene rings is 3. The van der Waals surface area contributed by atoms with Gasteiger partial charge in [-0.2, -0.15) is 0 Å². The number of carboxylic acids is 1. The minimum atomic E-state index is -4.56. The molecule has 0 bridgehead atoms. The molecule has 2 heterocycles. The zero-order valence-electron chi connectivity index (χ0n) is 24.7. The third-order valence-corrected chi connectivity index (χ3v) is 10.2. The van der Waals surface area contributed by atoms with E-state index in [-0.39, 0.29) is 69.9 Å². The zero-order chi connectivity index (χ0) is 29.3. The Morgan fingerprint density at radius 1 is 0.930 bits per heavy atom. The van der Waals surface area contributed by atoms with Crippen LogP contribution in [0.5, 0.6) is 0 Å². The summed E-state index contributed by atoms with van der Waals surface area (Å²) in [5, 5.41) is 20.4. The van der Waals surface area contributed by atoms with Gasteiger partial charge in [-0.05, 0) is 66.1 Å². The number of hydrogen-bond acceptors (Lipinski definition) is 9. The Morgan fingerprint density at radius 3 is 2.23 bits per heavy atom. The SMILES string of the molecule is CCC(CC(C)C(=O)[O-])c1ccc(Cn2c(=NN=c3sc4cc(S(=O)(=O)[O-])ccc4n3C)sc3ccccc32)cc1.[Na+].[Na+]. The van der Waals surface area contributed by atoms with Crippen molar-refractivity contribution in [3.63, 3.8) is 0 Å². The van der Waals surface area contributed by atoms with Crippen molar-refractivity contribution in [2.45, 2.75) is 44.0 Å². The maximum atomic E-state index is 11.5. The minimum Gasteiger partial charge on any atom is -0.744 e. The molecule has 0 aliphatic heterocycles. The number of fused-ring (bicyclic) bond motifs is 2. The summed E-state index contributed by atoms with van der Waals surface area (Å²) in [6, 6.07) is 20.6. The summed E-state index contributed by atoms with van der Waals surface area (Å²) < 4.78 is 40.0. The molecule has 3 aromatic carbocycles. The molecule has 0 spiro atoms. The van der Waals surface area contributed by atoms with Crippen LogP contribution in [0.2, 0.25) is 0 Å². The summed E-state index contributed by atoms with van der Waals surface area (Å²) >= 11 is 2.77. The van der Waals surface area contributed by atoms with Gasteiger partial charge in [-0.3, -0.25) is 0 Å². The van der Waals surface area contributed by atoms with Crippen LogP contribution in [0.25, 0.3) is 20.4 Å². The Balaban J connectivity index is 0.00000253. The number of thiazole rings is 2. The Morgan fingerprint density at radius 2 is 1.58 bits per heavy atom. The summed E-state index contributed by atoms with van der Waals surface area (Å²) in [5.41, 5.74) is 3.95. The van der Waals surface area contributed by atoms with Crippen molar-refractivity contribution in [1.82, 2.24) is 9.13 Å². The number of aliphatic carboxylic acids is 1. The van der Waals surface area contributed by atoms with Gasteiger partial charge in [0.2, 0.25) is 9.60 Å². The third kappa shape index (κ3) is 8.18. The average Bonchev–Trinajstić information content (AvgIpc) is 3.46. The number of rotatable bonds is 9. The van der Waals surface area contributed by atoms with Crippen LogP contribution in [0.3, 0.4) is 0 Å². The van der Waals surface area contributed by atoms with Gasteiger partial charge in [0.25, 0.3) is 0 Å². The predicted octanol–water partition coefficient (Wildman–Crippen LogP) is -2.10. The Kier molecular flexibility index (Phi) is 12.6. The smallest absolute Gasteiger partial charge is 0.744 e. The van der Waals surface area contributed by atoms with Crippen LogP contribution in [0, 0.1) is 5.92 Å². The van der Waals surface area contributed by atoms with Crippen LogP contribution < -0.4 is 73.8 Å². The molecule has 5 rings (SSSR count). The summed E-state index contributed by atoms with van der Waals surface area (Å²) in [7, 11) is -2.74. The molecule has 0 aliphatic carbocycles. The van der Waals surface area contributed by atoms with E-state index in [1.54, 1.807) is 13.0 Å². The molecule has 0 aliphatic rings. The van der Waals surface area contributed by atoms with E-state index in [9.17, 15) is 22.9 Å². The number of carbonyl (C=O) groups excluding carboxylic acids is 1. The van der Waals surface area contributed by atoms with Gasteiger partial charge in [-0.25, -0.2) is 8.42 Å². The van der Waals surface area contributed by atoms with Crippen LogP contribution in [0.1, 0.15) is 43.7 Å². The van der Waals surface area contributed by atoms with Gasteiger partial charge >= 0.3 is 59.1 Å². The van der Waals surface area contributed by atoms with Crippen molar-refractivity contribution >= 4 is 59.2 Å². The molecule has 0 fully saturated rings. The first kappa shape index (κ1) is 35.9. The number of para-hydroxylation sites is 1. The number of nitrogens with zero attached hydrogens (tertiary/aromatic N) is 4. The molecule has 2 atom stereocenters. The molecule has 0 radical (unpaired) electrons. The van der Waals surface area contributed by atoms with Crippen molar-refractivity contribution in [3.8, 4) is 0 Å². The second-order valence-electron chi connectivity index (χ2n) is 9.97. The van der Waals surface area contributed by atoms with Gasteiger partial charge in [0.05, 0.1) is 31.9 Å². The fourth-order valence-electron chi connectivity index (χ4n) is 4.84. The van der Waals surface area contributed by atoms with Crippen LogP contribution in [0.4, 0.5) is 0 Å². The summed E-state index contributed by atoms with van der Waals surface area (Å²) in [6.07, 6.45) is 1.38. The van der Waals surface area contributed by atoms with Crippen LogP contribution >= 0.6 is 22.7 Å². The van der Waals surface area contributed by atoms with Crippen molar-refractivity contribution in [3.05, 3.63) is 87.5 Å². The molecule has 2 unspecified atom stereocenters. The van der Waals surface area contributed by atoms with E-state index < -0.39 is 22.0 Å². The molecule has 0 saturated heterocycles. The summed E-state index contributed by atoms with van der Waals surface area (Å²) in [5.74, 6) is -1.39. The van der Waals surface area contributed by atoms with Crippen molar-refractivity contribution in [2.24, 2.45) is 23.2 Å². The molecule has 0 N–H and O–H groups in total. The number of carbonyl (C=O) groups is 1. The number of aromatic nitrogens is 2. The van der Waals surface area contributed by atoms with E-state index in [1.807, 2.05) is 35.9 Å². The average molecular weight is 655 g/mol. The monoisotopic (exact) mass is 654 g/mol. The molecule has 9 nitrogen and oxygen atoms in total. The second kappa shape index (κ2) is 15.1. The van der Waals surface area contributed by atoms with Crippen LogP contribution in [-0.2, 0) is 28.5 Å². The fraction of sp³-hybridized carbons (Fsp3) is 0.276. The van der Waals surface area contributed by atoms with E-state index in [2.05, 4.69) is 46.0 Å². The van der Waals surface area contributed by atoms with Crippen molar-refractivity contribution < 1.29 is 82.0 Å².